The highest BCUT2D eigenvalue weighted by atomic mass is 16.2. The summed E-state index contributed by atoms with van der Waals surface area (Å²) < 4.78 is 1.92. The summed E-state index contributed by atoms with van der Waals surface area (Å²) in [4.78, 5) is 27.5. The van der Waals surface area contributed by atoms with Crippen LogP contribution in [0.1, 0.15) is 70.5 Å². The molecule has 1 atom stereocenters. The van der Waals surface area contributed by atoms with Crippen LogP contribution in [-0.2, 0) is 4.79 Å². The zero-order valence-corrected chi connectivity index (χ0v) is 20.5. The van der Waals surface area contributed by atoms with E-state index in [4.69, 9.17) is 15.1 Å². The van der Waals surface area contributed by atoms with Gasteiger partial charge in [0.2, 0.25) is 5.91 Å². The van der Waals surface area contributed by atoms with Crippen molar-refractivity contribution >= 4 is 22.8 Å². The van der Waals surface area contributed by atoms with Crippen LogP contribution in [0.2, 0.25) is 0 Å². The van der Waals surface area contributed by atoms with Crippen LogP contribution in [0.4, 0.5) is 5.82 Å². The highest BCUT2D eigenvalue weighted by Crippen LogP contribution is 2.31. The maximum atomic E-state index is 13.1. The van der Waals surface area contributed by atoms with Crippen LogP contribution in [-0.4, -0.2) is 56.7 Å². The summed E-state index contributed by atoms with van der Waals surface area (Å²) in [7, 11) is 0. The first kappa shape index (κ1) is 22.8. The first-order chi connectivity index (χ1) is 16.7. The molecule has 1 aliphatic carbocycles. The van der Waals surface area contributed by atoms with Gasteiger partial charge < -0.3 is 9.80 Å². The number of benzene rings is 1. The molecule has 180 valence electrons. The maximum Gasteiger partial charge on any atom is 0.225 e. The number of hydrogen-bond donors (Lipinski definition) is 0. The lowest BCUT2D eigenvalue weighted by atomic mass is 9.88. The van der Waals surface area contributed by atoms with Gasteiger partial charge in [0.25, 0.3) is 0 Å². The first-order valence-electron chi connectivity index (χ1n) is 13.0. The number of aromatic nitrogens is 4. The molecule has 1 amide bonds. The van der Waals surface area contributed by atoms with E-state index in [9.17, 15) is 4.79 Å². The Hall–Kier alpha value is -2.96. The molecule has 5 rings (SSSR count). The van der Waals surface area contributed by atoms with E-state index in [2.05, 4.69) is 35.8 Å². The molecular weight excluding hydrogens is 424 g/mol. The quantitative estimate of drug-likeness (QED) is 0.521. The fraction of sp³-hybridized carbons (Fsp3) is 0.556. The maximum absolute atomic E-state index is 13.1. The Bertz CT molecular complexity index is 1110. The van der Waals surface area contributed by atoms with Crippen molar-refractivity contribution in [1.82, 2.24) is 24.6 Å². The molecule has 7 nitrogen and oxygen atoms in total. The number of nitrogens with zero attached hydrogens (tertiary/aromatic N) is 6. The van der Waals surface area contributed by atoms with Gasteiger partial charge in [0.05, 0.1) is 17.3 Å². The number of amides is 1. The molecule has 0 unspecified atom stereocenters. The predicted molar refractivity (Wildman–Crippen MR) is 135 cm³/mol. The predicted octanol–water partition coefficient (Wildman–Crippen LogP) is 4.95. The average molecular weight is 461 g/mol. The molecule has 3 heterocycles. The minimum Gasteiger partial charge on any atom is -0.352 e. The second-order valence-electron chi connectivity index (χ2n) is 9.87. The van der Waals surface area contributed by atoms with Crippen molar-refractivity contribution in [1.29, 1.82) is 0 Å². The van der Waals surface area contributed by atoms with Gasteiger partial charge in [-0.2, -0.15) is 5.10 Å². The Morgan fingerprint density at radius 1 is 1.03 bits per heavy atom. The number of para-hydroxylation sites is 1. The third-order valence-corrected chi connectivity index (χ3v) is 7.43. The van der Waals surface area contributed by atoms with E-state index in [0.717, 1.165) is 80.2 Å². The standard InChI is InChI=1S/C27H36N6O/c1-3-10-20(2)24-29-25(23-19-28-33(26(23)30-24)22-13-8-5-9-14-22)31-15-17-32(18-16-31)27(34)21-11-6-4-7-12-21/h5,8-9,13-14,19-21H,3-4,6-7,10-12,15-18H2,1-2H3/t20-/m1/s1. The smallest absolute Gasteiger partial charge is 0.225 e. The van der Waals surface area contributed by atoms with Crippen LogP contribution in [0.5, 0.6) is 0 Å². The SMILES string of the molecule is CCC[C@@H](C)c1nc(N2CCN(C(=O)C3CCCCC3)CC2)c2cnn(-c3ccccc3)c2n1. The van der Waals surface area contributed by atoms with Crippen LogP contribution < -0.4 is 4.90 Å². The summed E-state index contributed by atoms with van der Waals surface area (Å²) in [6, 6.07) is 10.2. The van der Waals surface area contributed by atoms with Crippen LogP contribution >= 0.6 is 0 Å². The number of anilines is 1. The summed E-state index contributed by atoms with van der Waals surface area (Å²) in [5.41, 5.74) is 1.86. The van der Waals surface area contributed by atoms with Gasteiger partial charge in [-0.15, -0.1) is 0 Å². The van der Waals surface area contributed by atoms with Gasteiger partial charge >= 0.3 is 0 Å². The molecule has 2 aliphatic rings. The topological polar surface area (TPSA) is 67.2 Å². The summed E-state index contributed by atoms with van der Waals surface area (Å²) in [5.74, 6) is 2.71. The van der Waals surface area contributed by atoms with Crippen LogP contribution in [0.3, 0.4) is 0 Å². The normalized spacial score (nSPS) is 18.4. The molecular formula is C27H36N6O. The molecule has 34 heavy (non-hydrogen) atoms. The summed E-state index contributed by atoms with van der Waals surface area (Å²) >= 11 is 0. The van der Waals surface area contributed by atoms with Crippen LogP contribution in [0.15, 0.2) is 36.5 Å². The molecule has 2 aromatic heterocycles. The monoisotopic (exact) mass is 460 g/mol. The zero-order valence-electron chi connectivity index (χ0n) is 20.5. The van der Waals surface area contributed by atoms with Crippen molar-refractivity contribution in [2.45, 2.75) is 64.7 Å². The highest BCUT2D eigenvalue weighted by molar-refractivity contribution is 5.88. The molecule has 1 saturated heterocycles. The minimum absolute atomic E-state index is 0.233. The van der Waals surface area contributed by atoms with E-state index in [1.165, 1.54) is 19.3 Å². The molecule has 0 bridgehead atoms. The Morgan fingerprint density at radius 2 is 1.76 bits per heavy atom. The minimum atomic E-state index is 0.233. The van der Waals surface area contributed by atoms with Crippen molar-refractivity contribution < 1.29 is 4.79 Å². The molecule has 2 fully saturated rings. The lowest BCUT2D eigenvalue weighted by Crippen LogP contribution is -2.51. The molecule has 7 heteroatoms. The third-order valence-electron chi connectivity index (χ3n) is 7.43. The second-order valence-corrected chi connectivity index (χ2v) is 9.87. The van der Waals surface area contributed by atoms with E-state index in [1.807, 2.05) is 29.1 Å². The van der Waals surface area contributed by atoms with Crippen molar-refractivity contribution in [3.8, 4) is 5.69 Å². The Morgan fingerprint density at radius 3 is 2.47 bits per heavy atom. The number of carbonyl (C=O) groups excluding carboxylic acids is 1. The lowest BCUT2D eigenvalue weighted by molar-refractivity contribution is -0.136. The number of rotatable bonds is 6. The second kappa shape index (κ2) is 10.1. The van der Waals surface area contributed by atoms with Gasteiger partial charge in [0.15, 0.2) is 5.65 Å². The van der Waals surface area contributed by atoms with Crippen molar-refractivity contribution in [2.24, 2.45) is 5.92 Å². The number of hydrogen-bond acceptors (Lipinski definition) is 5. The van der Waals surface area contributed by atoms with Crippen LogP contribution in [0.25, 0.3) is 16.7 Å². The first-order valence-corrected chi connectivity index (χ1v) is 13.0. The summed E-state index contributed by atoms with van der Waals surface area (Å²) in [6.07, 6.45) is 9.82. The lowest BCUT2D eigenvalue weighted by Gasteiger charge is -2.38. The largest absolute Gasteiger partial charge is 0.352 e. The third kappa shape index (κ3) is 4.52. The Labute approximate surface area is 202 Å². The molecule has 1 aromatic carbocycles. The molecule has 0 spiro atoms. The highest BCUT2D eigenvalue weighted by Gasteiger charge is 2.30. The number of piperazine rings is 1. The fourth-order valence-corrected chi connectivity index (χ4v) is 5.44. The van der Waals surface area contributed by atoms with Crippen molar-refractivity contribution in [3.05, 3.63) is 42.4 Å². The number of fused-ring (bicyclic) bond motifs is 1. The van der Waals surface area contributed by atoms with E-state index >= 15 is 0 Å². The van der Waals surface area contributed by atoms with Gasteiger partial charge in [-0.25, -0.2) is 14.6 Å². The van der Waals surface area contributed by atoms with E-state index in [1.54, 1.807) is 0 Å². The van der Waals surface area contributed by atoms with Crippen molar-refractivity contribution in [3.63, 3.8) is 0 Å². The van der Waals surface area contributed by atoms with E-state index in [-0.39, 0.29) is 11.8 Å². The van der Waals surface area contributed by atoms with E-state index in [0.29, 0.717) is 5.91 Å². The average Bonchev–Trinajstić information content (AvgIpc) is 3.33. The summed E-state index contributed by atoms with van der Waals surface area (Å²) in [6.45, 7) is 7.51. The van der Waals surface area contributed by atoms with Crippen LogP contribution in [0, 0.1) is 5.92 Å². The van der Waals surface area contributed by atoms with Gasteiger partial charge in [0, 0.05) is 38.0 Å². The van der Waals surface area contributed by atoms with Gasteiger partial charge in [-0.1, -0.05) is 57.7 Å². The fourth-order valence-electron chi connectivity index (χ4n) is 5.44. The number of carbonyl (C=O) groups is 1. The van der Waals surface area contributed by atoms with Crippen molar-refractivity contribution in [2.75, 3.05) is 31.1 Å². The molecule has 0 N–H and O–H groups in total. The summed E-state index contributed by atoms with van der Waals surface area (Å²) in [5, 5.41) is 5.67. The van der Waals surface area contributed by atoms with E-state index < -0.39 is 0 Å². The van der Waals surface area contributed by atoms with Gasteiger partial charge in [-0.3, -0.25) is 4.79 Å². The van der Waals surface area contributed by atoms with Gasteiger partial charge in [0.1, 0.15) is 11.6 Å². The zero-order chi connectivity index (χ0) is 23.5. The molecule has 1 saturated carbocycles. The van der Waals surface area contributed by atoms with Gasteiger partial charge in [-0.05, 0) is 31.4 Å². The molecule has 3 aromatic rings. The Kier molecular flexibility index (Phi) is 6.79. The molecule has 1 aliphatic heterocycles. The Balaban J connectivity index is 1.43. The molecule has 0 radical (unpaired) electrons.